The lowest BCUT2D eigenvalue weighted by Gasteiger charge is -2.34. The molecule has 6 aromatic carbocycles. The van der Waals surface area contributed by atoms with Crippen molar-refractivity contribution in [1.82, 2.24) is 0 Å². The molecule has 1 aromatic heterocycles. The van der Waals surface area contributed by atoms with Crippen molar-refractivity contribution in [3.8, 4) is 33.4 Å². The first-order valence-corrected chi connectivity index (χ1v) is 15.2. The molecule has 2 heteroatoms. The lowest BCUT2D eigenvalue weighted by atomic mass is 9.69. The zero-order valence-electron chi connectivity index (χ0n) is 22.5. The Morgan fingerprint density at radius 1 is 0.500 bits per heavy atom. The Labute approximate surface area is 235 Å². The largest absolute Gasteiger partial charge is 0.626 e. The minimum Gasteiger partial charge on any atom is -0.626 e. The second-order valence-corrected chi connectivity index (χ2v) is 12.6. The molecule has 0 saturated carbocycles. The Kier molecular flexibility index (Phi) is 5.07. The highest BCUT2D eigenvalue weighted by atomic mass is 31.1. The van der Waals surface area contributed by atoms with Crippen molar-refractivity contribution in [2.75, 3.05) is 0 Å². The first kappa shape index (κ1) is 23.6. The van der Waals surface area contributed by atoms with Crippen LogP contribution in [0.5, 0.6) is 0 Å². The van der Waals surface area contributed by atoms with Crippen molar-refractivity contribution >= 4 is 40.1 Å². The van der Waals surface area contributed by atoms with Crippen LogP contribution in [0.3, 0.4) is 0 Å². The molecule has 40 heavy (non-hydrogen) atoms. The van der Waals surface area contributed by atoms with Crippen molar-refractivity contribution in [3.63, 3.8) is 0 Å². The molecule has 1 unspecified atom stereocenters. The average molecular weight is 531 g/mol. The van der Waals surface area contributed by atoms with E-state index in [1.165, 1.54) is 76.8 Å². The molecule has 0 fully saturated rings. The predicted molar refractivity (Wildman–Crippen MR) is 170 cm³/mol. The van der Waals surface area contributed by atoms with Gasteiger partial charge in [-0.15, -0.1) is 0 Å². The molecule has 0 amide bonds. The van der Waals surface area contributed by atoms with E-state index < -0.39 is 7.76 Å². The summed E-state index contributed by atoms with van der Waals surface area (Å²) in [7, 11) is -1.46. The van der Waals surface area contributed by atoms with Crippen LogP contribution in [0, 0.1) is 0 Å². The first-order valence-electron chi connectivity index (χ1n) is 13.8. The molecule has 1 atom stereocenters. The molecule has 8 rings (SSSR count). The van der Waals surface area contributed by atoms with E-state index in [9.17, 15) is 4.89 Å². The van der Waals surface area contributed by atoms with Crippen LogP contribution in [0.4, 0.5) is 0 Å². The number of rotatable bonds is 2. The summed E-state index contributed by atoms with van der Waals surface area (Å²) in [6, 6.07) is 41.9. The van der Waals surface area contributed by atoms with E-state index in [1.54, 1.807) is 0 Å². The maximum Gasteiger partial charge on any atom is 0.114 e. The molecule has 1 aliphatic carbocycles. The molecule has 0 bridgehead atoms. The van der Waals surface area contributed by atoms with Crippen LogP contribution in [-0.4, -0.2) is 0 Å². The molecule has 0 N–H and O–H groups in total. The standard InChI is InChI=1S/C38H27OP/c1-38(2)33-18-10-17-30-32(20-19-31(37(30)33)25-21-22-40(39)23-34(25)38)36-28-15-8-6-13-26(28)35(24-11-4-3-5-12-24)27-14-7-9-16-29(27)36/h3-23H,1-2H3. The number of benzene rings is 6. The zero-order chi connectivity index (χ0) is 27.0. The van der Waals surface area contributed by atoms with Gasteiger partial charge in [-0.2, -0.15) is 0 Å². The van der Waals surface area contributed by atoms with Crippen molar-refractivity contribution in [2.45, 2.75) is 19.3 Å². The van der Waals surface area contributed by atoms with Crippen LogP contribution in [-0.2, 0) is 5.41 Å². The van der Waals surface area contributed by atoms with Crippen LogP contribution < -0.4 is 4.89 Å². The quantitative estimate of drug-likeness (QED) is 0.204. The smallest absolute Gasteiger partial charge is 0.114 e. The van der Waals surface area contributed by atoms with Gasteiger partial charge in [0.05, 0.1) is 7.76 Å². The third-order valence-electron chi connectivity index (χ3n) is 8.88. The molecular formula is C38H27OP. The van der Waals surface area contributed by atoms with Crippen LogP contribution in [0.2, 0.25) is 0 Å². The van der Waals surface area contributed by atoms with Gasteiger partial charge in [0.2, 0.25) is 0 Å². The van der Waals surface area contributed by atoms with Gasteiger partial charge in [0, 0.05) is 11.0 Å². The summed E-state index contributed by atoms with van der Waals surface area (Å²) in [5, 5.41) is 7.63. The number of hydrogen-bond acceptors (Lipinski definition) is 1. The van der Waals surface area contributed by atoms with Crippen molar-refractivity contribution in [2.24, 2.45) is 0 Å². The predicted octanol–water partition coefficient (Wildman–Crippen LogP) is 10.2. The van der Waals surface area contributed by atoms with Gasteiger partial charge in [0.1, 0.15) is 11.6 Å². The summed E-state index contributed by atoms with van der Waals surface area (Å²) in [5.74, 6) is 3.82. The maximum atomic E-state index is 12.5. The Balaban J connectivity index is 1.53. The van der Waals surface area contributed by atoms with Crippen molar-refractivity contribution in [3.05, 3.63) is 138 Å². The molecule has 1 nitrogen and oxygen atoms in total. The van der Waals surface area contributed by atoms with E-state index in [0.717, 1.165) is 0 Å². The molecule has 7 aromatic rings. The fourth-order valence-electron chi connectivity index (χ4n) is 7.06. The average Bonchev–Trinajstić information content (AvgIpc) is 2.99. The normalized spacial score (nSPS) is 14.0. The van der Waals surface area contributed by atoms with Crippen molar-refractivity contribution < 1.29 is 4.89 Å². The first-order chi connectivity index (χ1) is 19.5. The summed E-state index contributed by atoms with van der Waals surface area (Å²) in [6.07, 6.45) is 0. The lowest BCUT2D eigenvalue weighted by molar-refractivity contribution is -0.150. The number of fused-ring (bicyclic) bond motifs is 4. The summed E-state index contributed by atoms with van der Waals surface area (Å²) in [4.78, 5) is 12.5. The molecule has 1 aliphatic rings. The highest BCUT2D eigenvalue weighted by molar-refractivity contribution is 7.40. The maximum absolute atomic E-state index is 12.5. The minimum atomic E-state index is -1.46. The van der Waals surface area contributed by atoms with E-state index in [0.29, 0.717) is 0 Å². The van der Waals surface area contributed by atoms with Gasteiger partial charge >= 0.3 is 0 Å². The molecule has 190 valence electrons. The van der Waals surface area contributed by atoms with Crippen LogP contribution in [0.15, 0.2) is 127 Å². The summed E-state index contributed by atoms with van der Waals surface area (Å²) in [6.45, 7) is 4.54. The number of hydrogen-bond donors (Lipinski definition) is 0. The van der Waals surface area contributed by atoms with Gasteiger partial charge in [0.25, 0.3) is 0 Å². The van der Waals surface area contributed by atoms with Gasteiger partial charge < -0.3 is 4.89 Å². The van der Waals surface area contributed by atoms with Crippen LogP contribution in [0.1, 0.15) is 25.0 Å². The third-order valence-corrected chi connectivity index (χ3v) is 9.83. The minimum absolute atomic E-state index is 0.239. The second-order valence-electron chi connectivity index (χ2n) is 11.4. The molecular weight excluding hydrogens is 503 g/mol. The van der Waals surface area contributed by atoms with Crippen molar-refractivity contribution in [1.29, 1.82) is 0 Å². The SMILES string of the molecule is CC1(C)c2c[p+]([O-])ccc2-c2ccc(-c3c4ccccc4c(-c4ccccc4)c4ccccc34)c3cccc1c23. The van der Waals surface area contributed by atoms with E-state index >= 15 is 0 Å². The molecule has 1 heterocycles. The summed E-state index contributed by atoms with van der Waals surface area (Å²) < 4.78 is 0. The van der Waals surface area contributed by atoms with Crippen LogP contribution >= 0.6 is 7.76 Å². The highest BCUT2D eigenvalue weighted by Gasteiger charge is 2.35. The van der Waals surface area contributed by atoms with Crippen LogP contribution in [0.25, 0.3) is 65.7 Å². The zero-order valence-corrected chi connectivity index (χ0v) is 23.4. The Hall–Kier alpha value is -4.29. The summed E-state index contributed by atoms with van der Waals surface area (Å²) >= 11 is 0. The highest BCUT2D eigenvalue weighted by Crippen LogP contribution is 2.53. The van der Waals surface area contributed by atoms with E-state index in [2.05, 4.69) is 129 Å². The van der Waals surface area contributed by atoms with E-state index in [4.69, 9.17) is 0 Å². The third kappa shape index (κ3) is 3.23. The topological polar surface area (TPSA) is 23.1 Å². The Bertz CT molecular complexity index is 2080. The fraction of sp³-hybridized carbons (Fsp3) is 0.0789. The Morgan fingerprint density at radius 3 is 1.75 bits per heavy atom. The fourth-order valence-corrected chi connectivity index (χ4v) is 8.16. The van der Waals surface area contributed by atoms with Gasteiger partial charge in [0.15, 0.2) is 0 Å². The van der Waals surface area contributed by atoms with Gasteiger partial charge in [-0.25, -0.2) is 0 Å². The molecule has 0 spiro atoms. The molecule has 0 radical (unpaired) electrons. The second kappa shape index (κ2) is 8.60. The lowest BCUT2D eigenvalue weighted by Crippen LogP contribution is -2.23. The van der Waals surface area contributed by atoms with E-state index in [-0.39, 0.29) is 5.41 Å². The van der Waals surface area contributed by atoms with Gasteiger partial charge in [-0.05, 0) is 77.3 Å². The molecule has 0 aliphatic heterocycles. The monoisotopic (exact) mass is 530 g/mol. The van der Waals surface area contributed by atoms with E-state index in [1.807, 2.05) is 11.6 Å². The van der Waals surface area contributed by atoms with Gasteiger partial charge in [-0.1, -0.05) is 123 Å². The van der Waals surface area contributed by atoms with Gasteiger partial charge in [-0.3, -0.25) is 0 Å². The Morgan fingerprint density at radius 2 is 1.07 bits per heavy atom. The summed E-state index contributed by atoms with van der Waals surface area (Å²) in [5.41, 5.74) is 9.71. The molecule has 0 saturated heterocycles.